The first-order chi connectivity index (χ1) is 13.8. The smallest absolute Gasteiger partial charge is 0.246 e. The van der Waals surface area contributed by atoms with E-state index in [9.17, 15) is 17.6 Å². The second-order valence-corrected chi connectivity index (χ2v) is 9.12. The first kappa shape index (κ1) is 20.9. The van der Waals surface area contributed by atoms with E-state index in [0.717, 1.165) is 4.68 Å². The molecule has 1 aromatic heterocycles. The van der Waals surface area contributed by atoms with Gasteiger partial charge in [-0.2, -0.15) is 5.10 Å². The molecule has 1 amide bonds. The average Bonchev–Trinajstić information content (AvgIpc) is 2.98. The van der Waals surface area contributed by atoms with Gasteiger partial charge >= 0.3 is 0 Å². The van der Waals surface area contributed by atoms with E-state index >= 15 is 0 Å². The van der Waals surface area contributed by atoms with Crippen molar-refractivity contribution in [1.82, 2.24) is 9.78 Å². The Hall–Kier alpha value is -2.85. The van der Waals surface area contributed by atoms with E-state index < -0.39 is 21.6 Å². The van der Waals surface area contributed by atoms with E-state index in [-0.39, 0.29) is 32.9 Å². The molecule has 0 saturated carbocycles. The number of hydrogen-bond acceptors (Lipinski definition) is 6. The van der Waals surface area contributed by atoms with Crippen LogP contribution in [0.5, 0.6) is 0 Å². The highest BCUT2D eigenvalue weighted by Crippen LogP contribution is 2.34. The van der Waals surface area contributed by atoms with Crippen LogP contribution in [0.2, 0.25) is 0 Å². The summed E-state index contributed by atoms with van der Waals surface area (Å²) in [7, 11) is -3.91. The highest BCUT2D eigenvalue weighted by atomic mass is 32.2. The predicted molar refractivity (Wildman–Crippen MR) is 110 cm³/mol. The zero-order valence-corrected chi connectivity index (χ0v) is 17.1. The van der Waals surface area contributed by atoms with Gasteiger partial charge in [0, 0.05) is 5.69 Å². The van der Waals surface area contributed by atoms with Crippen LogP contribution in [0.3, 0.4) is 0 Å². The third kappa shape index (κ3) is 4.60. The molecular weight excluding hydrogens is 415 g/mol. The molecule has 152 valence electrons. The molecule has 3 aromatic rings. The number of halogens is 1. The highest BCUT2D eigenvalue weighted by Gasteiger charge is 2.29. The standard InChI is InChI=1S/C19H19FN4O3S2/c1-2-28-19-17(29(26,27)15-9-4-3-5-10-15)18(21)24(23-19)12-16(25)22-14-8-6-7-13(20)11-14/h3-11H,2,12,21H2,1H3,(H,22,25). The summed E-state index contributed by atoms with van der Waals surface area (Å²) in [4.78, 5) is 12.3. The SMILES string of the molecule is CCSc1nn(CC(=O)Nc2cccc(F)c2)c(N)c1S(=O)(=O)c1ccccc1. The molecule has 1 heterocycles. The number of carbonyl (C=O) groups is 1. The molecule has 0 bridgehead atoms. The molecule has 10 heteroatoms. The van der Waals surface area contributed by atoms with Crippen LogP contribution >= 0.6 is 11.8 Å². The fourth-order valence-electron chi connectivity index (χ4n) is 2.66. The van der Waals surface area contributed by atoms with Gasteiger partial charge in [-0.1, -0.05) is 31.2 Å². The minimum absolute atomic E-state index is 0.0911. The summed E-state index contributed by atoms with van der Waals surface area (Å²) in [5, 5.41) is 7.00. The lowest BCUT2D eigenvalue weighted by atomic mass is 10.3. The van der Waals surface area contributed by atoms with E-state index in [1.54, 1.807) is 18.2 Å². The number of anilines is 2. The molecule has 0 aliphatic heterocycles. The second kappa shape index (κ2) is 8.66. The van der Waals surface area contributed by atoms with Crippen molar-refractivity contribution in [1.29, 1.82) is 0 Å². The third-order valence-electron chi connectivity index (χ3n) is 3.92. The number of aromatic nitrogens is 2. The summed E-state index contributed by atoms with van der Waals surface area (Å²) in [5.74, 6) is -0.552. The fraction of sp³-hybridized carbons (Fsp3) is 0.158. The van der Waals surface area contributed by atoms with Crippen LogP contribution in [-0.4, -0.2) is 29.9 Å². The molecule has 0 radical (unpaired) electrons. The normalized spacial score (nSPS) is 11.4. The number of hydrogen-bond donors (Lipinski definition) is 2. The molecule has 0 saturated heterocycles. The number of rotatable bonds is 7. The number of amides is 1. The number of sulfone groups is 1. The van der Waals surface area contributed by atoms with Crippen LogP contribution in [0.1, 0.15) is 6.92 Å². The van der Waals surface area contributed by atoms with Crippen LogP contribution < -0.4 is 11.1 Å². The molecule has 0 fully saturated rings. The minimum atomic E-state index is -3.91. The number of carbonyl (C=O) groups excluding carboxylic acids is 1. The Balaban J connectivity index is 1.93. The molecule has 7 nitrogen and oxygen atoms in total. The van der Waals surface area contributed by atoms with Crippen LogP contribution in [0.4, 0.5) is 15.9 Å². The zero-order chi connectivity index (χ0) is 21.0. The van der Waals surface area contributed by atoms with E-state index in [1.807, 2.05) is 6.92 Å². The van der Waals surface area contributed by atoms with Crippen LogP contribution in [0.15, 0.2) is 69.4 Å². The van der Waals surface area contributed by atoms with Crippen LogP contribution in [-0.2, 0) is 21.2 Å². The molecule has 29 heavy (non-hydrogen) atoms. The van der Waals surface area contributed by atoms with Crippen molar-refractivity contribution >= 4 is 39.0 Å². The van der Waals surface area contributed by atoms with E-state index in [1.165, 1.54) is 48.2 Å². The molecule has 0 spiro atoms. The van der Waals surface area contributed by atoms with Crippen LogP contribution in [0.25, 0.3) is 0 Å². The minimum Gasteiger partial charge on any atom is -0.383 e. The van der Waals surface area contributed by atoms with Crippen molar-refractivity contribution in [3.63, 3.8) is 0 Å². The summed E-state index contributed by atoms with van der Waals surface area (Å²) in [6.45, 7) is 1.54. The van der Waals surface area contributed by atoms with Gasteiger partial charge in [-0.05, 0) is 36.1 Å². The summed E-state index contributed by atoms with van der Waals surface area (Å²) in [6, 6.07) is 13.3. The van der Waals surface area contributed by atoms with Crippen molar-refractivity contribution in [2.45, 2.75) is 28.3 Å². The second-order valence-electron chi connectivity index (χ2n) is 5.99. The van der Waals surface area contributed by atoms with Gasteiger partial charge in [0.25, 0.3) is 0 Å². The van der Waals surface area contributed by atoms with E-state index in [2.05, 4.69) is 10.4 Å². The van der Waals surface area contributed by atoms with Gasteiger partial charge in [-0.3, -0.25) is 4.79 Å². The Morgan fingerprint density at radius 1 is 1.21 bits per heavy atom. The Bertz CT molecular complexity index is 1130. The zero-order valence-electron chi connectivity index (χ0n) is 15.5. The predicted octanol–water partition coefficient (Wildman–Crippen LogP) is 3.19. The Morgan fingerprint density at radius 2 is 1.93 bits per heavy atom. The molecule has 3 N–H and O–H groups in total. The van der Waals surface area contributed by atoms with E-state index in [4.69, 9.17) is 5.73 Å². The lowest BCUT2D eigenvalue weighted by Gasteiger charge is -2.08. The average molecular weight is 435 g/mol. The lowest BCUT2D eigenvalue weighted by Crippen LogP contribution is -2.21. The van der Waals surface area contributed by atoms with Gasteiger partial charge < -0.3 is 11.1 Å². The number of benzene rings is 2. The maximum atomic E-state index is 13.3. The van der Waals surface area contributed by atoms with Gasteiger partial charge in [0.15, 0.2) is 0 Å². The number of nitrogens with two attached hydrogens (primary N) is 1. The summed E-state index contributed by atoms with van der Waals surface area (Å²) < 4.78 is 40.6. The topological polar surface area (TPSA) is 107 Å². The fourth-order valence-corrected chi connectivity index (χ4v) is 5.23. The number of thioether (sulfide) groups is 1. The lowest BCUT2D eigenvalue weighted by molar-refractivity contribution is -0.116. The first-order valence-electron chi connectivity index (χ1n) is 8.67. The number of nitrogens with zero attached hydrogens (tertiary/aromatic N) is 2. The molecule has 2 aromatic carbocycles. The van der Waals surface area contributed by atoms with Gasteiger partial charge in [-0.25, -0.2) is 17.5 Å². The molecule has 0 aliphatic carbocycles. The Morgan fingerprint density at radius 3 is 2.59 bits per heavy atom. The third-order valence-corrected chi connectivity index (χ3v) is 6.73. The van der Waals surface area contributed by atoms with E-state index in [0.29, 0.717) is 5.75 Å². The van der Waals surface area contributed by atoms with Crippen molar-refractivity contribution in [3.05, 3.63) is 60.4 Å². The summed E-state index contributed by atoms with van der Waals surface area (Å²) >= 11 is 1.22. The first-order valence-corrected chi connectivity index (χ1v) is 11.1. The molecule has 3 rings (SSSR count). The van der Waals surface area contributed by atoms with Crippen molar-refractivity contribution < 1.29 is 17.6 Å². The van der Waals surface area contributed by atoms with Crippen molar-refractivity contribution in [3.8, 4) is 0 Å². The van der Waals surface area contributed by atoms with Gasteiger partial charge in [0.2, 0.25) is 15.7 Å². The highest BCUT2D eigenvalue weighted by molar-refractivity contribution is 8.00. The van der Waals surface area contributed by atoms with Crippen molar-refractivity contribution in [2.24, 2.45) is 0 Å². The van der Waals surface area contributed by atoms with Crippen LogP contribution in [0, 0.1) is 5.82 Å². The molecule has 0 unspecified atom stereocenters. The molecule has 0 atom stereocenters. The maximum Gasteiger partial charge on any atom is 0.246 e. The number of nitrogens with one attached hydrogen (secondary N) is 1. The monoisotopic (exact) mass is 434 g/mol. The molecule has 0 aliphatic rings. The molecular formula is C19H19FN4O3S2. The number of nitrogen functional groups attached to an aromatic ring is 1. The quantitative estimate of drug-likeness (QED) is 0.553. The van der Waals surface area contributed by atoms with Gasteiger partial charge in [0.05, 0.1) is 4.90 Å². The van der Waals surface area contributed by atoms with Gasteiger partial charge in [-0.15, -0.1) is 11.8 Å². The largest absolute Gasteiger partial charge is 0.383 e. The van der Waals surface area contributed by atoms with Crippen molar-refractivity contribution in [2.75, 3.05) is 16.8 Å². The Kier molecular flexibility index (Phi) is 6.23. The maximum absolute atomic E-state index is 13.3. The van der Waals surface area contributed by atoms with Gasteiger partial charge in [0.1, 0.15) is 28.1 Å². The summed E-state index contributed by atoms with van der Waals surface area (Å²) in [6.07, 6.45) is 0. The Labute approximate surface area is 172 Å². The summed E-state index contributed by atoms with van der Waals surface area (Å²) in [5.41, 5.74) is 6.37.